The van der Waals surface area contributed by atoms with Crippen LogP contribution in [0.1, 0.15) is 25.7 Å². The van der Waals surface area contributed by atoms with Gasteiger partial charge in [0.15, 0.2) is 11.2 Å². The summed E-state index contributed by atoms with van der Waals surface area (Å²) in [6.45, 7) is 0. The Hall–Kier alpha value is -2.96. The third-order valence-corrected chi connectivity index (χ3v) is 6.54. The summed E-state index contributed by atoms with van der Waals surface area (Å²) in [5.41, 5.74) is 1.02. The number of fused-ring (bicyclic) bond motifs is 3. The normalized spacial score (nSPS) is 26.0. The molecule has 1 aromatic carbocycles. The molecule has 2 aliphatic rings. The molecule has 0 aliphatic heterocycles. The average molecular weight is 395 g/mol. The Bertz CT molecular complexity index is 1110. The molecule has 0 radical (unpaired) electrons. The minimum absolute atomic E-state index is 0.0703. The fraction of sp³-hybridized carbons (Fsp3) is 0.409. The van der Waals surface area contributed by atoms with Crippen molar-refractivity contribution in [2.75, 3.05) is 11.9 Å². The van der Waals surface area contributed by atoms with Crippen molar-refractivity contribution in [1.82, 2.24) is 10.2 Å². The lowest BCUT2D eigenvalue weighted by molar-refractivity contribution is 0.144. The SMILES string of the molecule is CN(c1ccc(-c2cc3occc(=O)c3cc2O)nn1)[C@@H]1C[C@H]2CC[C@H](C2)[C@@H]1F. The predicted molar refractivity (Wildman–Crippen MR) is 108 cm³/mol. The highest BCUT2D eigenvalue weighted by Gasteiger charge is 2.44. The third-order valence-electron chi connectivity index (χ3n) is 6.54. The van der Waals surface area contributed by atoms with Crippen LogP contribution in [-0.4, -0.2) is 34.6 Å². The van der Waals surface area contributed by atoms with Crippen molar-refractivity contribution in [1.29, 1.82) is 0 Å². The van der Waals surface area contributed by atoms with Gasteiger partial charge in [-0.05, 0) is 61.8 Å². The summed E-state index contributed by atoms with van der Waals surface area (Å²) in [6, 6.07) is 7.62. The van der Waals surface area contributed by atoms with E-state index in [1.54, 1.807) is 18.2 Å². The Morgan fingerprint density at radius 2 is 2.03 bits per heavy atom. The minimum Gasteiger partial charge on any atom is -0.507 e. The number of hydrogen-bond donors (Lipinski definition) is 1. The Kier molecular flexibility index (Phi) is 4.26. The number of anilines is 1. The smallest absolute Gasteiger partial charge is 0.192 e. The summed E-state index contributed by atoms with van der Waals surface area (Å²) in [7, 11) is 1.87. The van der Waals surface area contributed by atoms with Gasteiger partial charge in [-0.2, -0.15) is 0 Å². The number of halogens is 1. The molecule has 4 atom stereocenters. The van der Waals surface area contributed by atoms with Crippen LogP contribution in [-0.2, 0) is 0 Å². The molecule has 0 unspecified atom stereocenters. The van der Waals surface area contributed by atoms with E-state index in [0.29, 0.717) is 34.0 Å². The number of aromatic nitrogens is 2. The number of benzene rings is 1. The fourth-order valence-corrected chi connectivity index (χ4v) is 4.92. The Morgan fingerprint density at radius 1 is 1.17 bits per heavy atom. The second kappa shape index (κ2) is 6.83. The molecule has 7 heteroatoms. The monoisotopic (exact) mass is 395 g/mol. The van der Waals surface area contributed by atoms with E-state index in [1.165, 1.54) is 18.4 Å². The van der Waals surface area contributed by atoms with Gasteiger partial charge in [0.2, 0.25) is 0 Å². The maximum absolute atomic E-state index is 14.9. The molecule has 29 heavy (non-hydrogen) atoms. The van der Waals surface area contributed by atoms with Gasteiger partial charge >= 0.3 is 0 Å². The van der Waals surface area contributed by atoms with Gasteiger partial charge in [-0.15, -0.1) is 10.2 Å². The van der Waals surface area contributed by atoms with E-state index in [1.807, 2.05) is 11.9 Å². The van der Waals surface area contributed by atoms with Crippen molar-refractivity contribution in [2.45, 2.75) is 37.9 Å². The summed E-state index contributed by atoms with van der Waals surface area (Å²) in [5.74, 6) is 1.31. The second-order valence-corrected chi connectivity index (χ2v) is 8.22. The molecule has 6 nitrogen and oxygen atoms in total. The van der Waals surface area contributed by atoms with Crippen LogP contribution in [0.5, 0.6) is 5.75 Å². The fourth-order valence-electron chi connectivity index (χ4n) is 4.92. The van der Waals surface area contributed by atoms with Gasteiger partial charge in [0.1, 0.15) is 17.5 Å². The molecule has 2 heterocycles. The van der Waals surface area contributed by atoms with E-state index in [0.717, 1.165) is 25.7 Å². The van der Waals surface area contributed by atoms with Gasteiger partial charge in [-0.1, -0.05) is 0 Å². The zero-order valence-corrected chi connectivity index (χ0v) is 16.1. The Labute approximate surface area is 167 Å². The van der Waals surface area contributed by atoms with Gasteiger partial charge in [-0.3, -0.25) is 4.79 Å². The van der Waals surface area contributed by atoms with E-state index in [9.17, 15) is 14.3 Å². The first-order valence-electron chi connectivity index (χ1n) is 9.97. The third kappa shape index (κ3) is 3.05. The first-order valence-corrected chi connectivity index (χ1v) is 9.97. The summed E-state index contributed by atoms with van der Waals surface area (Å²) >= 11 is 0. The molecule has 0 spiro atoms. The maximum Gasteiger partial charge on any atom is 0.192 e. The van der Waals surface area contributed by atoms with E-state index in [2.05, 4.69) is 10.2 Å². The van der Waals surface area contributed by atoms with Crippen LogP contribution in [0.15, 0.2) is 45.8 Å². The number of phenolic OH excluding ortho intramolecular Hbond substituents is 1. The average Bonchev–Trinajstić information content (AvgIpc) is 3.14. The number of aromatic hydroxyl groups is 1. The van der Waals surface area contributed by atoms with Gasteiger partial charge in [0.25, 0.3) is 0 Å². The van der Waals surface area contributed by atoms with Crippen LogP contribution in [0.25, 0.3) is 22.2 Å². The molecule has 2 aliphatic carbocycles. The van der Waals surface area contributed by atoms with Gasteiger partial charge in [0.05, 0.1) is 23.4 Å². The Morgan fingerprint density at radius 3 is 2.83 bits per heavy atom. The lowest BCUT2D eigenvalue weighted by Gasteiger charge is -2.38. The van der Waals surface area contributed by atoms with Gasteiger partial charge in [-0.25, -0.2) is 4.39 Å². The number of alkyl halides is 1. The minimum atomic E-state index is -0.840. The highest BCUT2D eigenvalue weighted by Crippen LogP contribution is 2.45. The molecule has 5 rings (SSSR count). The number of rotatable bonds is 3. The molecule has 0 saturated heterocycles. The van der Waals surface area contributed by atoms with Crippen molar-refractivity contribution in [3.63, 3.8) is 0 Å². The van der Waals surface area contributed by atoms with Crippen LogP contribution < -0.4 is 10.3 Å². The van der Waals surface area contributed by atoms with Crippen LogP contribution in [0.4, 0.5) is 10.2 Å². The van der Waals surface area contributed by atoms with Crippen LogP contribution in [0.2, 0.25) is 0 Å². The highest BCUT2D eigenvalue weighted by molar-refractivity contribution is 5.85. The molecule has 2 saturated carbocycles. The van der Waals surface area contributed by atoms with Crippen LogP contribution >= 0.6 is 0 Å². The summed E-state index contributed by atoms with van der Waals surface area (Å²) in [4.78, 5) is 13.8. The highest BCUT2D eigenvalue weighted by atomic mass is 19.1. The van der Waals surface area contributed by atoms with Gasteiger partial charge < -0.3 is 14.4 Å². The summed E-state index contributed by atoms with van der Waals surface area (Å²) < 4.78 is 20.3. The maximum atomic E-state index is 14.9. The molecule has 2 aromatic heterocycles. The largest absolute Gasteiger partial charge is 0.507 e. The van der Waals surface area contributed by atoms with E-state index in [-0.39, 0.29) is 23.1 Å². The van der Waals surface area contributed by atoms with E-state index in [4.69, 9.17) is 4.42 Å². The summed E-state index contributed by atoms with van der Waals surface area (Å²) in [6.07, 6.45) is 4.44. The molecule has 2 fully saturated rings. The first kappa shape index (κ1) is 18.1. The molecule has 150 valence electrons. The van der Waals surface area contributed by atoms with Crippen molar-refractivity contribution in [3.8, 4) is 17.0 Å². The second-order valence-electron chi connectivity index (χ2n) is 8.22. The van der Waals surface area contributed by atoms with Crippen molar-refractivity contribution in [2.24, 2.45) is 11.8 Å². The standard InChI is InChI=1S/C22H22FN3O3/c1-26(17-9-12-2-3-13(8-12)22(17)23)21-5-4-16(24-25-21)14-11-20-15(10-19(14)28)18(27)6-7-29-20/h4-7,10-13,17,22,28H,2-3,8-9H2,1H3/t12-,13+,17+,22-/m0/s1. The topological polar surface area (TPSA) is 79.5 Å². The molecular formula is C22H22FN3O3. The molecular weight excluding hydrogens is 373 g/mol. The predicted octanol–water partition coefficient (Wildman–Crippen LogP) is 3.92. The molecule has 3 aromatic rings. The molecule has 2 bridgehead atoms. The first-order chi connectivity index (χ1) is 14.0. The van der Waals surface area contributed by atoms with Crippen molar-refractivity contribution < 1.29 is 13.9 Å². The lowest BCUT2D eigenvalue weighted by Crippen LogP contribution is -2.46. The Balaban J connectivity index is 1.44. The molecule has 0 amide bonds. The van der Waals surface area contributed by atoms with Crippen LogP contribution in [0.3, 0.4) is 0 Å². The summed E-state index contributed by atoms with van der Waals surface area (Å²) in [5, 5.41) is 19.2. The van der Waals surface area contributed by atoms with E-state index >= 15 is 0 Å². The van der Waals surface area contributed by atoms with E-state index < -0.39 is 6.17 Å². The molecule has 1 N–H and O–H groups in total. The number of hydrogen-bond acceptors (Lipinski definition) is 6. The lowest BCUT2D eigenvalue weighted by atomic mass is 9.83. The van der Waals surface area contributed by atoms with Crippen molar-refractivity contribution >= 4 is 16.8 Å². The van der Waals surface area contributed by atoms with Crippen molar-refractivity contribution in [3.05, 3.63) is 46.8 Å². The number of nitrogens with zero attached hydrogens (tertiary/aromatic N) is 3. The zero-order chi connectivity index (χ0) is 20.1. The van der Waals surface area contributed by atoms with Gasteiger partial charge in [0, 0.05) is 18.7 Å². The number of phenols is 1. The quantitative estimate of drug-likeness (QED) is 0.724. The van der Waals surface area contributed by atoms with Crippen LogP contribution in [0, 0.1) is 11.8 Å². The zero-order valence-electron chi connectivity index (χ0n) is 16.1.